The first-order valence-corrected chi connectivity index (χ1v) is 5.96. The van der Waals surface area contributed by atoms with Gasteiger partial charge in [-0.1, -0.05) is 52.2 Å². The van der Waals surface area contributed by atoms with Crippen LogP contribution < -0.4 is 0 Å². The first-order chi connectivity index (χ1) is 6.29. The highest BCUT2D eigenvalue weighted by molar-refractivity contribution is 5.03. The Morgan fingerprint density at radius 1 is 1.31 bits per heavy atom. The van der Waals surface area contributed by atoms with E-state index in [-0.39, 0.29) is 0 Å². The Labute approximate surface area is 83.4 Å². The van der Waals surface area contributed by atoms with Gasteiger partial charge >= 0.3 is 0 Å². The van der Waals surface area contributed by atoms with E-state index >= 15 is 0 Å². The van der Waals surface area contributed by atoms with Crippen molar-refractivity contribution in [1.82, 2.24) is 0 Å². The third-order valence-electron chi connectivity index (χ3n) is 3.20. The largest absolute Gasteiger partial charge is 0.0883 e. The minimum atomic E-state index is 0.938. The summed E-state index contributed by atoms with van der Waals surface area (Å²) in [6, 6.07) is 0. The molecule has 0 heteroatoms. The Hall–Kier alpha value is -0.260. The van der Waals surface area contributed by atoms with E-state index in [1.807, 2.05) is 0 Å². The summed E-state index contributed by atoms with van der Waals surface area (Å²) in [5.41, 5.74) is 0. The lowest BCUT2D eigenvalue weighted by Crippen LogP contribution is -1.97. The van der Waals surface area contributed by atoms with Crippen LogP contribution in [-0.2, 0) is 0 Å². The quantitative estimate of drug-likeness (QED) is 0.531. The SMILES string of the molecule is CCC/C=C/C1CC1C(C)CCC. The molecule has 3 unspecified atom stereocenters. The fourth-order valence-electron chi connectivity index (χ4n) is 2.22. The van der Waals surface area contributed by atoms with Crippen LogP contribution in [0.4, 0.5) is 0 Å². The number of hydrogen-bond donors (Lipinski definition) is 0. The molecule has 3 atom stereocenters. The van der Waals surface area contributed by atoms with Gasteiger partial charge in [-0.15, -0.1) is 0 Å². The van der Waals surface area contributed by atoms with Gasteiger partial charge in [-0.25, -0.2) is 0 Å². The summed E-state index contributed by atoms with van der Waals surface area (Å²) in [7, 11) is 0. The van der Waals surface area contributed by atoms with Gasteiger partial charge in [0.25, 0.3) is 0 Å². The molecule has 1 aliphatic carbocycles. The first kappa shape index (κ1) is 10.8. The second kappa shape index (κ2) is 5.47. The van der Waals surface area contributed by atoms with E-state index in [4.69, 9.17) is 0 Å². The van der Waals surface area contributed by atoms with Gasteiger partial charge in [0.2, 0.25) is 0 Å². The van der Waals surface area contributed by atoms with Crippen LogP contribution in [0.15, 0.2) is 12.2 Å². The van der Waals surface area contributed by atoms with E-state index in [1.165, 1.54) is 32.1 Å². The van der Waals surface area contributed by atoms with Gasteiger partial charge in [0.1, 0.15) is 0 Å². The predicted octanol–water partition coefficient (Wildman–Crippen LogP) is 4.42. The lowest BCUT2D eigenvalue weighted by Gasteiger charge is -2.07. The minimum Gasteiger partial charge on any atom is -0.0883 e. The van der Waals surface area contributed by atoms with Crippen molar-refractivity contribution < 1.29 is 0 Å². The van der Waals surface area contributed by atoms with E-state index < -0.39 is 0 Å². The van der Waals surface area contributed by atoms with Crippen molar-refractivity contribution >= 4 is 0 Å². The second-order valence-electron chi connectivity index (χ2n) is 4.55. The zero-order valence-corrected chi connectivity index (χ0v) is 9.42. The topological polar surface area (TPSA) is 0 Å². The molecule has 0 aromatic heterocycles. The molecular weight excluding hydrogens is 156 g/mol. The van der Waals surface area contributed by atoms with Crippen molar-refractivity contribution in [3.63, 3.8) is 0 Å². The predicted molar refractivity (Wildman–Crippen MR) is 59.7 cm³/mol. The Morgan fingerprint density at radius 2 is 2.08 bits per heavy atom. The molecule has 0 aromatic carbocycles. The van der Waals surface area contributed by atoms with Crippen molar-refractivity contribution in [1.29, 1.82) is 0 Å². The van der Waals surface area contributed by atoms with Crippen LogP contribution in [0.5, 0.6) is 0 Å². The minimum absolute atomic E-state index is 0.938. The molecule has 1 saturated carbocycles. The lowest BCUT2D eigenvalue weighted by molar-refractivity contribution is 0.451. The summed E-state index contributed by atoms with van der Waals surface area (Å²) in [5, 5.41) is 0. The van der Waals surface area contributed by atoms with Gasteiger partial charge < -0.3 is 0 Å². The Kier molecular flexibility index (Phi) is 4.55. The smallest absolute Gasteiger partial charge is 0.0199 e. The summed E-state index contributed by atoms with van der Waals surface area (Å²) in [6.07, 6.45) is 11.6. The molecule has 1 fully saturated rings. The maximum Gasteiger partial charge on any atom is -0.0199 e. The van der Waals surface area contributed by atoms with Crippen molar-refractivity contribution in [2.45, 2.75) is 52.9 Å². The Balaban J connectivity index is 2.14. The summed E-state index contributed by atoms with van der Waals surface area (Å²) < 4.78 is 0. The highest BCUT2D eigenvalue weighted by Gasteiger charge is 2.38. The molecule has 0 amide bonds. The molecule has 0 N–H and O–H groups in total. The lowest BCUT2D eigenvalue weighted by atomic mass is 9.99. The van der Waals surface area contributed by atoms with E-state index in [9.17, 15) is 0 Å². The van der Waals surface area contributed by atoms with E-state index in [1.54, 1.807) is 0 Å². The summed E-state index contributed by atoms with van der Waals surface area (Å²) in [5.74, 6) is 2.92. The maximum absolute atomic E-state index is 2.46. The molecule has 1 rings (SSSR count). The first-order valence-electron chi connectivity index (χ1n) is 5.96. The maximum atomic E-state index is 2.46. The molecule has 13 heavy (non-hydrogen) atoms. The molecule has 0 aromatic rings. The van der Waals surface area contributed by atoms with Crippen molar-refractivity contribution in [3.05, 3.63) is 12.2 Å². The highest BCUT2D eigenvalue weighted by atomic mass is 14.4. The number of rotatable bonds is 6. The molecular formula is C13H24. The van der Waals surface area contributed by atoms with E-state index in [2.05, 4.69) is 32.9 Å². The number of allylic oxidation sites excluding steroid dienone is 2. The van der Waals surface area contributed by atoms with E-state index in [0.717, 1.165) is 17.8 Å². The van der Waals surface area contributed by atoms with Gasteiger partial charge in [-0.3, -0.25) is 0 Å². The van der Waals surface area contributed by atoms with Crippen LogP contribution in [0.25, 0.3) is 0 Å². The van der Waals surface area contributed by atoms with Crippen molar-refractivity contribution in [2.24, 2.45) is 17.8 Å². The Morgan fingerprint density at radius 3 is 2.69 bits per heavy atom. The zero-order chi connectivity index (χ0) is 9.68. The summed E-state index contributed by atoms with van der Waals surface area (Å²) >= 11 is 0. The van der Waals surface area contributed by atoms with Crippen LogP contribution in [0.3, 0.4) is 0 Å². The van der Waals surface area contributed by atoms with Gasteiger partial charge in [0.05, 0.1) is 0 Å². The van der Waals surface area contributed by atoms with Crippen LogP contribution in [0.2, 0.25) is 0 Å². The summed E-state index contributed by atoms with van der Waals surface area (Å²) in [6.45, 7) is 6.96. The van der Waals surface area contributed by atoms with Crippen molar-refractivity contribution in [2.75, 3.05) is 0 Å². The molecule has 1 aliphatic rings. The number of unbranched alkanes of at least 4 members (excludes halogenated alkanes) is 1. The normalized spacial score (nSPS) is 29.5. The summed E-state index contributed by atoms with van der Waals surface area (Å²) in [4.78, 5) is 0. The third-order valence-corrected chi connectivity index (χ3v) is 3.20. The van der Waals surface area contributed by atoms with Crippen LogP contribution >= 0.6 is 0 Å². The number of hydrogen-bond acceptors (Lipinski definition) is 0. The monoisotopic (exact) mass is 180 g/mol. The molecule has 0 heterocycles. The van der Waals surface area contributed by atoms with Gasteiger partial charge in [-0.2, -0.15) is 0 Å². The molecule has 0 aliphatic heterocycles. The van der Waals surface area contributed by atoms with Crippen LogP contribution in [0.1, 0.15) is 52.9 Å². The van der Waals surface area contributed by atoms with Crippen molar-refractivity contribution in [3.8, 4) is 0 Å². The van der Waals surface area contributed by atoms with Crippen LogP contribution in [-0.4, -0.2) is 0 Å². The molecule has 0 saturated heterocycles. The van der Waals surface area contributed by atoms with Gasteiger partial charge in [0.15, 0.2) is 0 Å². The molecule has 0 spiro atoms. The highest BCUT2D eigenvalue weighted by Crippen LogP contribution is 2.46. The average molecular weight is 180 g/mol. The fourth-order valence-corrected chi connectivity index (χ4v) is 2.22. The standard InChI is InChI=1S/C13H24/c1-4-6-7-9-12-10-13(12)11(3)8-5-2/h7,9,11-13H,4-6,8,10H2,1-3H3/b9-7+. The molecule has 0 nitrogen and oxygen atoms in total. The Bertz CT molecular complexity index is 157. The molecule has 0 bridgehead atoms. The van der Waals surface area contributed by atoms with Crippen LogP contribution in [0, 0.1) is 17.8 Å². The van der Waals surface area contributed by atoms with Gasteiger partial charge in [0, 0.05) is 0 Å². The third kappa shape index (κ3) is 3.54. The fraction of sp³-hybridized carbons (Fsp3) is 0.846. The van der Waals surface area contributed by atoms with E-state index in [0.29, 0.717) is 0 Å². The second-order valence-corrected chi connectivity index (χ2v) is 4.55. The van der Waals surface area contributed by atoms with Gasteiger partial charge in [-0.05, 0) is 30.6 Å². The molecule has 76 valence electrons. The average Bonchev–Trinajstić information content (AvgIpc) is 2.85. The molecule has 0 radical (unpaired) electrons. The zero-order valence-electron chi connectivity index (χ0n) is 9.42.